The minimum Gasteiger partial charge on any atom is -0.483 e. The lowest BCUT2D eigenvalue weighted by Crippen LogP contribution is -2.20. The monoisotopic (exact) mass is 295 g/mol. The highest BCUT2D eigenvalue weighted by atomic mass is 16.5. The van der Waals surface area contributed by atoms with Crippen LogP contribution in [0.25, 0.3) is 0 Å². The molecule has 0 saturated carbocycles. The molecule has 2 aromatic rings. The van der Waals surface area contributed by atoms with Gasteiger partial charge in [0.25, 0.3) is 5.91 Å². The minimum absolute atomic E-state index is 0.123. The quantitative estimate of drug-likeness (QED) is 0.863. The number of hydrogen-bond acceptors (Lipinski definition) is 3. The number of rotatable bonds is 5. The standard InChI is InChI=1S/C18H17NO3/c20-11-15-4-1-2-7-17(15)22-12-18(21)19-16-9-8-13-5-3-6-14(13)10-16/h1-2,4,7-11H,3,5-6,12H2,(H,19,21). The third kappa shape index (κ3) is 3.17. The third-order valence-electron chi connectivity index (χ3n) is 3.79. The fraction of sp³-hybridized carbons (Fsp3) is 0.222. The van der Waals surface area contributed by atoms with Crippen LogP contribution in [0.5, 0.6) is 5.75 Å². The maximum atomic E-state index is 12.0. The molecular formula is C18H17NO3. The highest BCUT2D eigenvalue weighted by Gasteiger charge is 2.12. The van der Waals surface area contributed by atoms with Gasteiger partial charge in [-0.1, -0.05) is 18.2 Å². The van der Waals surface area contributed by atoms with E-state index in [1.807, 2.05) is 12.1 Å². The second-order valence-corrected chi connectivity index (χ2v) is 5.33. The zero-order valence-electron chi connectivity index (χ0n) is 12.2. The minimum atomic E-state index is -0.237. The van der Waals surface area contributed by atoms with Crippen molar-refractivity contribution in [2.24, 2.45) is 0 Å². The van der Waals surface area contributed by atoms with Crippen molar-refractivity contribution >= 4 is 17.9 Å². The normalized spacial score (nSPS) is 12.5. The first kappa shape index (κ1) is 14.3. The summed E-state index contributed by atoms with van der Waals surface area (Å²) in [6.07, 6.45) is 4.09. The summed E-state index contributed by atoms with van der Waals surface area (Å²) in [6, 6.07) is 12.9. The molecule has 0 aromatic heterocycles. The van der Waals surface area contributed by atoms with Gasteiger partial charge in [0.15, 0.2) is 12.9 Å². The van der Waals surface area contributed by atoms with E-state index < -0.39 is 0 Å². The Morgan fingerprint density at radius 1 is 1.14 bits per heavy atom. The molecule has 1 amide bonds. The molecule has 22 heavy (non-hydrogen) atoms. The lowest BCUT2D eigenvalue weighted by molar-refractivity contribution is -0.118. The molecule has 4 heteroatoms. The van der Waals surface area contributed by atoms with Crippen LogP contribution in [0.15, 0.2) is 42.5 Å². The Morgan fingerprint density at radius 3 is 2.82 bits per heavy atom. The third-order valence-corrected chi connectivity index (χ3v) is 3.79. The second kappa shape index (κ2) is 6.43. The van der Waals surface area contributed by atoms with Crippen molar-refractivity contribution in [2.75, 3.05) is 11.9 Å². The van der Waals surface area contributed by atoms with Gasteiger partial charge in [0, 0.05) is 5.69 Å². The van der Waals surface area contributed by atoms with Gasteiger partial charge in [-0.3, -0.25) is 9.59 Å². The number of amides is 1. The van der Waals surface area contributed by atoms with Crippen molar-refractivity contribution in [3.05, 3.63) is 59.2 Å². The molecule has 0 fully saturated rings. The number of ether oxygens (including phenoxy) is 1. The molecule has 112 valence electrons. The number of para-hydroxylation sites is 1. The van der Waals surface area contributed by atoms with E-state index in [9.17, 15) is 9.59 Å². The van der Waals surface area contributed by atoms with Crippen molar-refractivity contribution in [3.63, 3.8) is 0 Å². The fourth-order valence-electron chi connectivity index (χ4n) is 2.70. The van der Waals surface area contributed by atoms with E-state index >= 15 is 0 Å². The average Bonchev–Trinajstić information content (AvgIpc) is 3.01. The lowest BCUT2D eigenvalue weighted by Gasteiger charge is -2.10. The van der Waals surface area contributed by atoms with E-state index in [2.05, 4.69) is 11.4 Å². The van der Waals surface area contributed by atoms with E-state index in [4.69, 9.17) is 4.74 Å². The summed E-state index contributed by atoms with van der Waals surface area (Å²) in [4.78, 5) is 22.9. The Kier molecular flexibility index (Phi) is 4.19. The topological polar surface area (TPSA) is 55.4 Å². The number of anilines is 1. The van der Waals surface area contributed by atoms with Gasteiger partial charge in [-0.05, 0) is 54.7 Å². The molecule has 0 atom stereocenters. The molecule has 1 aliphatic carbocycles. The van der Waals surface area contributed by atoms with E-state index in [-0.39, 0.29) is 12.5 Å². The number of carbonyl (C=O) groups excluding carboxylic acids is 2. The van der Waals surface area contributed by atoms with Gasteiger partial charge in [0.1, 0.15) is 5.75 Å². The molecule has 0 bridgehead atoms. The zero-order chi connectivity index (χ0) is 15.4. The molecule has 0 spiro atoms. The molecular weight excluding hydrogens is 278 g/mol. The molecule has 0 aliphatic heterocycles. The van der Waals surface area contributed by atoms with E-state index in [1.165, 1.54) is 17.5 Å². The largest absolute Gasteiger partial charge is 0.483 e. The first-order valence-electron chi connectivity index (χ1n) is 7.35. The molecule has 2 aromatic carbocycles. The Bertz CT molecular complexity index is 709. The van der Waals surface area contributed by atoms with Gasteiger partial charge >= 0.3 is 0 Å². The Morgan fingerprint density at radius 2 is 1.95 bits per heavy atom. The summed E-state index contributed by atoms with van der Waals surface area (Å²) in [5.74, 6) is 0.181. The van der Waals surface area contributed by atoms with Crippen molar-refractivity contribution in [1.29, 1.82) is 0 Å². The lowest BCUT2D eigenvalue weighted by atomic mass is 10.1. The Labute approximate surface area is 129 Å². The molecule has 0 unspecified atom stereocenters. The summed E-state index contributed by atoms with van der Waals surface area (Å²) in [5.41, 5.74) is 3.91. The van der Waals surface area contributed by atoms with Crippen LogP contribution in [0.3, 0.4) is 0 Å². The summed E-state index contributed by atoms with van der Waals surface area (Å²) in [7, 11) is 0. The summed E-state index contributed by atoms with van der Waals surface area (Å²) in [6.45, 7) is -0.123. The maximum absolute atomic E-state index is 12.0. The molecule has 1 aliphatic rings. The number of nitrogens with one attached hydrogen (secondary N) is 1. The van der Waals surface area contributed by atoms with Crippen molar-refractivity contribution < 1.29 is 14.3 Å². The second-order valence-electron chi connectivity index (χ2n) is 5.33. The van der Waals surface area contributed by atoms with Gasteiger partial charge in [-0.2, -0.15) is 0 Å². The van der Waals surface area contributed by atoms with Crippen LogP contribution in [0.4, 0.5) is 5.69 Å². The first-order chi connectivity index (χ1) is 10.8. The highest BCUT2D eigenvalue weighted by Crippen LogP contribution is 2.24. The van der Waals surface area contributed by atoms with Crippen LogP contribution >= 0.6 is 0 Å². The SMILES string of the molecule is O=Cc1ccccc1OCC(=O)Nc1ccc2c(c1)CCC2. The van der Waals surface area contributed by atoms with Crippen molar-refractivity contribution in [2.45, 2.75) is 19.3 Å². The molecule has 0 saturated heterocycles. The Balaban J connectivity index is 1.60. The van der Waals surface area contributed by atoms with E-state index in [1.54, 1.807) is 24.3 Å². The van der Waals surface area contributed by atoms with Gasteiger partial charge < -0.3 is 10.1 Å². The van der Waals surface area contributed by atoms with Gasteiger partial charge in [-0.25, -0.2) is 0 Å². The van der Waals surface area contributed by atoms with Crippen LogP contribution < -0.4 is 10.1 Å². The smallest absolute Gasteiger partial charge is 0.262 e. The van der Waals surface area contributed by atoms with Crippen LogP contribution in [-0.4, -0.2) is 18.8 Å². The number of fused-ring (bicyclic) bond motifs is 1. The van der Waals surface area contributed by atoms with E-state index in [0.717, 1.165) is 18.5 Å². The highest BCUT2D eigenvalue weighted by molar-refractivity contribution is 5.92. The average molecular weight is 295 g/mol. The predicted molar refractivity (Wildman–Crippen MR) is 84.4 cm³/mol. The van der Waals surface area contributed by atoms with Crippen LogP contribution in [-0.2, 0) is 17.6 Å². The molecule has 3 rings (SSSR count). The van der Waals surface area contributed by atoms with Crippen LogP contribution in [0.1, 0.15) is 27.9 Å². The predicted octanol–water partition coefficient (Wildman–Crippen LogP) is 3.01. The van der Waals surface area contributed by atoms with Gasteiger partial charge in [-0.15, -0.1) is 0 Å². The molecule has 4 nitrogen and oxygen atoms in total. The van der Waals surface area contributed by atoms with Crippen LogP contribution in [0, 0.1) is 0 Å². The molecule has 0 radical (unpaired) electrons. The first-order valence-corrected chi connectivity index (χ1v) is 7.35. The van der Waals surface area contributed by atoms with E-state index in [0.29, 0.717) is 17.6 Å². The van der Waals surface area contributed by atoms with Crippen molar-refractivity contribution in [3.8, 4) is 5.75 Å². The number of aryl methyl sites for hydroxylation is 2. The maximum Gasteiger partial charge on any atom is 0.262 e. The summed E-state index contributed by atoms with van der Waals surface area (Å²) in [5, 5.41) is 2.83. The number of hydrogen-bond donors (Lipinski definition) is 1. The molecule has 1 N–H and O–H groups in total. The van der Waals surface area contributed by atoms with Gasteiger partial charge in [0.05, 0.1) is 5.56 Å². The number of aldehydes is 1. The number of carbonyl (C=O) groups is 2. The molecule has 0 heterocycles. The van der Waals surface area contributed by atoms with Crippen molar-refractivity contribution in [1.82, 2.24) is 0 Å². The van der Waals surface area contributed by atoms with Crippen LogP contribution in [0.2, 0.25) is 0 Å². The summed E-state index contributed by atoms with van der Waals surface area (Å²) >= 11 is 0. The zero-order valence-corrected chi connectivity index (χ0v) is 12.2. The van der Waals surface area contributed by atoms with Gasteiger partial charge in [0.2, 0.25) is 0 Å². The Hall–Kier alpha value is -2.62. The number of benzene rings is 2. The fourth-order valence-corrected chi connectivity index (χ4v) is 2.70. The summed E-state index contributed by atoms with van der Waals surface area (Å²) < 4.78 is 5.41.